The number of hydrogen-bond acceptors (Lipinski definition) is 4. The summed E-state index contributed by atoms with van der Waals surface area (Å²) in [4.78, 5) is 0. The van der Waals surface area contributed by atoms with Crippen LogP contribution in [-0.2, 0) is 0 Å². The van der Waals surface area contributed by atoms with Crippen LogP contribution in [0.2, 0.25) is 5.02 Å². The summed E-state index contributed by atoms with van der Waals surface area (Å²) < 4.78 is 1.79. The van der Waals surface area contributed by atoms with Crippen LogP contribution >= 0.6 is 11.6 Å². The molecule has 0 unspecified atom stereocenters. The van der Waals surface area contributed by atoms with E-state index in [1.165, 1.54) is 0 Å². The molecule has 5 rings (SSSR count). The van der Waals surface area contributed by atoms with Gasteiger partial charge in [0.1, 0.15) is 22.9 Å². The van der Waals surface area contributed by atoms with Crippen LogP contribution < -0.4 is 0 Å². The van der Waals surface area contributed by atoms with Gasteiger partial charge >= 0.3 is 0 Å². The number of rotatable bonds is 4. The minimum Gasteiger partial charge on any atom is -0.508 e. The minimum absolute atomic E-state index is 0.160. The summed E-state index contributed by atoms with van der Waals surface area (Å²) in [6.07, 6.45) is 0. The monoisotopic (exact) mass is 454 g/mol. The van der Waals surface area contributed by atoms with E-state index in [4.69, 9.17) is 16.7 Å². The Morgan fingerprint density at radius 2 is 1.06 bits per heavy atom. The zero-order valence-corrected chi connectivity index (χ0v) is 18.1. The largest absolute Gasteiger partial charge is 0.508 e. The first kappa shape index (κ1) is 20.7. The Morgan fingerprint density at radius 3 is 1.61 bits per heavy atom. The van der Waals surface area contributed by atoms with E-state index in [1.807, 2.05) is 42.5 Å². The summed E-state index contributed by atoms with van der Waals surface area (Å²) in [6.45, 7) is 0. The second-order valence-electron chi connectivity index (χ2n) is 7.58. The molecule has 5 aromatic rings. The number of aromatic nitrogens is 2. The van der Waals surface area contributed by atoms with Crippen molar-refractivity contribution in [3.8, 4) is 56.6 Å². The molecule has 0 saturated heterocycles. The lowest BCUT2D eigenvalue weighted by molar-refractivity contribution is 0.475. The van der Waals surface area contributed by atoms with E-state index in [0.29, 0.717) is 16.4 Å². The summed E-state index contributed by atoms with van der Waals surface area (Å²) in [5.41, 5.74) is 5.46. The molecule has 0 aliphatic carbocycles. The molecule has 0 aliphatic rings. The molecule has 3 N–H and O–H groups in total. The third-order valence-corrected chi connectivity index (χ3v) is 5.72. The Labute approximate surface area is 195 Å². The van der Waals surface area contributed by atoms with E-state index in [2.05, 4.69) is 0 Å². The van der Waals surface area contributed by atoms with Gasteiger partial charge in [0.25, 0.3) is 0 Å². The van der Waals surface area contributed by atoms with Crippen LogP contribution in [0, 0.1) is 0 Å². The fraction of sp³-hybridized carbons (Fsp3) is 0. The van der Waals surface area contributed by atoms with Gasteiger partial charge in [0.15, 0.2) is 0 Å². The fourth-order valence-electron chi connectivity index (χ4n) is 3.82. The number of phenolic OH excluding ortho intramolecular Hbond substituents is 3. The molecule has 5 nitrogen and oxygen atoms in total. The Bertz CT molecular complexity index is 1420. The van der Waals surface area contributed by atoms with Crippen molar-refractivity contribution in [2.45, 2.75) is 0 Å². The van der Waals surface area contributed by atoms with Crippen LogP contribution in [0.5, 0.6) is 17.2 Å². The zero-order valence-electron chi connectivity index (χ0n) is 17.4. The Kier molecular flexibility index (Phi) is 5.24. The Balaban J connectivity index is 1.89. The van der Waals surface area contributed by atoms with Crippen molar-refractivity contribution in [3.05, 3.63) is 102 Å². The van der Waals surface area contributed by atoms with Crippen LogP contribution in [0.15, 0.2) is 97.1 Å². The molecule has 0 amide bonds. The van der Waals surface area contributed by atoms with Gasteiger partial charge in [-0.05, 0) is 78.4 Å². The van der Waals surface area contributed by atoms with E-state index in [1.54, 1.807) is 59.3 Å². The van der Waals surface area contributed by atoms with Crippen LogP contribution in [0.4, 0.5) is 0 Å². The standard InChI is InChI=1S/C27H19ClN2O3/c28-23-3-1-2-4-24(23)30-27(19-9-15-22(33)16-10-19)25(17-5-11-20(31)12-6-17)26(29-30)18-7-13-21(32)14-8-18/h1-16,31-33H. The van der Waals surface area contributed by atoms with Crippen molar-refractivity contribution < 1.29 is 15.3 Å². The van der Waals surface area contributed by atoms with Gasteiger partial charge in [-0.3, -0.25) is 0 Å². The lowest BCUT2D eigenvalue weighted by Gasteiger charge is -2.12. The topological polar surface area (TPSA) is 78.5 Å². The number of aromatic hydroxyl groups is 3. The maximum Gasteiger partial charge on any atom is 0.115 e. The predicted octanol–water partition coefficient (Wildman–Crippen LogP) is 6.64. The number of hydrogen-bond donors (Lipinski definition) is 3. The number of para-hydroxylation sites is 1. The number of halogens is 1. The normalized spacial score (nSPS) is 10.9. The maximum absolute atomic E-state index is 9.87. The van der Waals surface area contributed by atoms with Gasteiger partial charge in [0.05, 0.1) is 16.4 Å². The highest BCUT2D eigenvalue weighted by atomic mass is 35.5. The zero-order chi connectivity index (χ0) is 22.9. The highest BCUT2D eigenvalue weighted by Crippen LogP contribution is 2.43. The first-order valence-corrected chi connectivity index (χ1v) is 10.7. The van der Waals surface area contributed by atoms with Crippen LogP contribution in [0.1, 0.15) is 0 Å². The molecule has 33 heavy (non-hydrogen) atoms. The van der Waals surface area contributed by atoms with E-state index in [-0.39, 0.29) is 17.2 Å². The summed E-state index contributed by atoms with van der Waals surface area (Å²) >= 11 is 6.57. The first-order valence-electron chi connectivity index (χ1n) is 10.3. The van der Waals surface area contributed by atoms with E-state index in [9.17, 15) is 15.3 Å². The van der Waals surface area contributed by atoms with Gasteiger partial charge in [-0.25, -0.2) is 4.68 Å². The molecule has 0 aliphatic heterocycles. The molecule has 0 fully saturated rings. The molecule has 0 atom stereocenters. The van der Waals surface area contributed by atoms with Crippen LogP contribution in [0.25, 0.3) is 39.3 Å². The quantitative estimate of drug-likeness (QED) is 0.284. The van der Waals surface area contributed by atoms with Crippen molar-refractivity contribution in [3.63, 3.8) is 0 Å². The fourth-order valence-corrected chi connectivity index (χ4v) is 4.04. The smallest absolute Gasteiger partial charge is 0.115 e. The molecule has 1 aromatic heterocycles. The molecule has 6 heteroatoms. The van der Waals surface area contributed by atoms with Gasteiger partial charge < -0.3 is 15.3 Å². The summed E-state index contributed by atoms with van der Waals surface area (Å²) in [5, 5.41) is 35.0. The number of benzene rings is 4. The van der Waals surface area contributed by atoms with Crippen molar-refractivity contribution in [1.29, 1.82) is 0 Å². The van der Waals surface area contributed by atoms with Gasteiger partial charge in [-0.15, -0.1) is 0 Å². The van der Waals surface area contributed by atoms with Gasteiger partial charge in [-0.2, -0.15) is 5.10 Å². The molecule has 0 spiro atoms. The summed E-state index contributed by atoms with van der Waals surface area (Å²) in [6, 6.07) is 28.1. The molecular weight excluding hydrogens is 436 g/mol. The highest BCUT2D eigenvalue weighted by Gasteiger charge is 2.24. The van der Waals surface area contributed by atoms with Gasteiger partial charge in [0, 0.05) is 16.7 Å². The van der Waals surface area contributed by atoms with Gasteiger partial charge in [-0.1, -0.05) is 35.9 Å². The predicted molar refractivity (Wildman–Crippen MR) is 130 cm³/mol. The van der Waals surface area contributed by atoms with E-state index < -0.39 is 0 Å². The second-order valence-corrected chi connectivity index (χ2v) is 7.98. The maximum atomic E-state index is 9.87. The lowest BCUT2D eigenvalue weighted by atomic mass is 9.95. The minimum atomic E-state index is 0.160. The molecule has 0 radical (unpaired) electrons. The SMILES string of the molecule is Oc1ccc(-c2nn(-c3ccccc3Cl)c(-c3ccc(O)cc3)c2-c2ccc(O)cc2)cc1. The second kappa shape index (κ2) is 8.37. The molecular formula is C27H19ClN2O3. The molecule has 162 valence electrons. The number of nitrogens with zero attached hydrogens (tertiary/aromatic N) is 2. The average molecular weight is 455 g/mol. The van der Waals surface area contributed by atoms with Crippen molar-refractivity contribution in [2.24, 2.45) is 0 Å². The van der Waals surface area contributed by atoms with Gasteiger partial charge in [0.2, 0.25) is 0 Å². The molecule has 0 saturated carbocycles. The highest BCUT2D eigenvalue weighted by molar-refractivity contribution is 6.32. The Morgan fingerprint density at radius 1 is 0.576 bits per heavy atom. The van der Waals surface area contributed by atoms with Crippen molar-refractivity contribution in [2.75, 3.05) is 0 Å². The Hall–Kier alpha value is -4.22. The number of phenols is 3. The van der Waals surface area contributed by atoms with E-state index >= 15 is 0 Å². The van der Waals surface area contributed by atoms with Crippen LogP contribution in [-0.4, -0.2) is 25.1 Å². The first-order chi connectivity index (χ1) is 16.0. The summed E-state index contributed by atoms with van der Waals surface area (Å²) in [7, 11) is 0. The summed E-state index contributed by atoms with van der Waals surface area (Å²) in [5.74, 6) is 0.483. The molecule has 1 heterocycles. The molecule has 0 bridgehead atoms. The van der Waals surface area contributed by atoms with Crippen molar-refractivity contribution >= 4 is 11.6 Å². The average Bonchev–Trinajstić information content (AvgIpc) is 3.21. The third-order valence-electron chi connectivity index (χ3n) is 5.40. The van der Waals surface area contributed by atoms with E-state index in [0.717, 1.165) is 27.9 Å². The van der Waals surface area contributed by atoms with Crippen LogP contribution in [0.3, 0.4) is 0 Å². The molecule has 4 aromatic carbocycles. The van der Waals surface area contributed by atoms with Crippen molar-refractivity contribution in [1.82, 2.24) is 9.78 Å². The third kappa shape index (κ3) is 3.90. The lowest BCUT2D eigenvalue weighted by Crippen LogP contribution is -2.00.